The van der Waals surface area contributed by atoms with E-state index in [0.29, 0.717) is 18.9 Å². The fourth-order valence-corrected chi connectivity index (χ4v) is 2.14. The van der Waals surface area contributed by atoms with E-state index in [1.165, 1.54) is 6.33 Å². The number of benzene rings is 1. The first-order chi connectivity index (χ1) is 9.72. The fraction of sp³-hybridized carbons (Fsp3) is 0.333. The minimum Gasteiger partial charge on any atom is -0.494 e. The van der Waals surface area contributed by atoms with Crippen molar-refractivity contribution in [1.29, 1.82) is 0 Å². The lowest BCUT2D eigenvalue weighted by Crippen LogP contribution is -2.00. The van der Waals surface area contributed by atoms with Crippen molar-refractivity contribution in [2.24, 2.45) is 0 Å². The van der Waals surface area contributed by atoms with E-state index in [4.69, 9.17) is 21.1 Å². The van der Waals surface area contributed by atoms with Crippen LogP contribution in [0, 0.1) is 0 Å². The van der Waals surface area contributed by atoms with Gasteiger partial charge in [0.15, 0.2) is 0 Å². The van der Waals surface area contributed by atoms with Gasteiger partial charge in [0.1, 0.15) is 12.1 Å². The Hall–Kier alpha value is -1.81. The summed E-state index contributed by atoms with van der Waals surface area (Å²) < 4.78 is 10.5. The van der Waals surface area contributed by atoms with Gasteiger partial charge in [0.05, 0.1) is 19.1 Å². The molecule has 0 saturated heterocycles. The molecule has 1 aromatic carbocycles. The van der Waals surface area contributed by atoms with E-state index in [1.807, 2.05) is 31.2 Å². The molecule has 0 amide bonds. The van der Waals surface area contributed by atoms with E-state index in [2.05, 4.69) is 9.97 Å². The summed E-state index contributed by atoms with van der Waals surface area (Å²) >= 11 is 6.42. The average Bonchev–Trinajstić information content (AvgIpc) is 2.48. The smallest absolute Gasteiger partial charge is 0.216 e. The molecule has 0 aliphatic rings. The van der Waals surface area contributed by atoms with E-state index in [-0.39, 0.29) is 5.38 Å². The first kappa shape index (κ1) is 14.6. The SMILES string of the molecule is CCOc1ccc(C(Cl)Cc2cc(OC)ncn2)cc1. The van der Waals surface area contributed by atoms with Crippen LogP contribution in [0.3, 0.4) is 0 Å². The second kappa shape index (κ2) is 7.10. The van der Waals surface area contributed by atoms with Crippen molar-refractivity contribution in [3.8, 4) is 11.6 Å². The Labute approximate surface area is 123 Å². The third-order valence-electron chi connectivity index (χ3n) is 2.85. The first-order valence-corrected chi connectivity index (χ1v) is 6.88. The van der Waals surface area contributed by atoms with Crippen LogP contribution in [0.4, 0.5) is 0 Å². The van der Waals surface area contributed by atoms with Gasteiger partial charge in [-0.1, -0.05) is 12.1 Å². The highest BCUT2D eigenvalue weighted by Gasteiger charge is 2.11. The minimum absolute atomic E-state index is 0.148. The number of halogens is 1. The van der Waals surface area contributed by atoms with Crippen molar-refractivity contribution < 1.29 is 9.47 Å². The molecule has 2 aromatic rings. The second-order valence-electron chi connectivity index (χ2n) is 4.23. The Morgan fingerprint density at radius 3 is 2.60 bits per heavy atom. The van der Waals surface area contributed by atoms with Crippen molar-refractivity contribution in [2.75, 3.05) is 13.7 Å². The van der Waals surface area contributed by atoms with Gasteiger partial charge in [-0.25, -0.2) is 9.97 Å². The van der Waals surface area contributed by atoms with Crippen LogP contribution in [-0.4, -0.2) is 23.7 Å². The number of aromatic nitrogens is 2. The van der Waals surface area contributed by atoms with Gasteiger partial charge in [-0.2, -0.15) is 0 Å². The summed E-state index contributed by atoms with van der Waals surface area (Å²) in [6.45, 7) is 2.62. The topological polar surface area (TPSA) is 44.2 Å². The van der Waals surface area contributed by atoms with E-state index < -0.39 is 0 Å². The Balaban J connectivity index is 2.05. The van der Waals surface area contributed by atoms with Crippen molar-refractivity contribution in [3.63, 3.8) is 0 Å². The van der Waals surface area contributed by atoms with Crippen molar-refractivity contribution in [1.82, 2.24) is 9.97 Å². The largest absolute Gasteiger partial charge is 0.494 e. The molecule has 1 unspecified atom stereocenters. The lowest BCUT2D eigenvalue weighted by molar-refractivity contribution is 0.340. The van der Waals surface area contributed by atoms with Crippen molar-refractivity contribution in [2.45, 2.75) is 18.7 Å². The summed E-state index contributed by atoms with van der Waals surface area (Å²) in [6.07, 6.45) is 2.10. The maximum absolute atomic E-state index is 6.42. The summed E-state index contributed by atoms with van der Waals surface area (Å²) in [5.41, 5.74) is 1.89. The molecule has 0 aliphatic carbocycles. The van der Waals surface area contributed by atoms with Gasteiger partial charge < -0.3 is 9.47 Å². The Kier molecular flexibility index (Phi) is 5.18. The monoisotopic (exact) mass is 292 g/mol. The zero-order valence-electron chi connectivity index (χ0n) is 11.5. The lowest BCUT2D eigenvalue weighted by atomic mass is 10.1. The Morgan fingerprint density at radius 2 is 1.95 bits per heavy atom. The number of hydrogen-bond donors (Lipinski definition) is 0. The average molecular weight is 293 g/mol. The molecule has 5 heteroatoms. The van der Waals surface area contributed by atoms with Gasteiger partial charge in [0.25, 0.3) is 0 Å². The van der Waals surface area contributed by atoms with Crippen LogP contribution in [-0.2, 0) is 6.42 Å². The molecule has 0 fully saturated rings. The Morgan fingerprint density at radius 1 is 1.20 bits per heavy atom. The molecule has 0 aliphatic heterocycles. The van der Waals surface area contributed by atoms with Crippen LogP contribution in [0.2, 0.25) is 0 Å². The predicted octanol–water partition coefficient (Wildman–Crippen LogP) is 3.41. The Bertz CT molecular complexity index is 546. The molecule has 1 atom stereocenters. The maximum atomic E-state index is 6.42. The third kappa shape index (κ3) is 3.84. The zero-order valence-corrected chi connectivity index (χ0v) is 12.3. The molecule has 106 valence electrons. The van der Waals surface area contributed by atoms with Crippen LogP contribution < -0.4 is 9.47 Å². The molecule has 0 N–H and O–H groups in total. The van der Waals surface area contributed by atoms with Crippen LogP contribution in [0.1, 0.15) is 23.6 Å². The molecule has 1 aromatic heterocycles. The normalized spacial score (nSPS) is 11.9. The number of hydrogen-bond acceptors (Lipinski definition) is 4. The number of rotatable bonds is 6. The predicted molar refractivity (Wildman–Crippen MR) is 78.5 cm³/mol. The minimum atomic E-state index is -0.148. The fourth-order valence-electron chi connectivity index (χ4n) is 1.84. The molecule has 1 heterocycles. The number of ether oxygens (including phenoxy) is 2. The molecule has 2 rings (SSSR count). The van der Waals surface area contributed by atoms with Gasteiger partial charge in [-0.05, 0) is 24.6 Å². The molecule has 0 bridgehead atoms. The van der Waals surface area contributed by atoms with E-state index in [1.54, 1.807) is 13.2 Å². The molecule has 0 spiro atoms. The van der Waals surface area contributed by atoms with Gasteiger partial charge in [-0.15, -0.1) is 11.6 Å². The zero-order chi connectivity index (χ0) is 14.4. The molecular weight excluding hydrogens is 276 g/mol. The van der Waals surface area contributed by atoms with Gasteiger partial charge in [0, 0.05) is 18.2 Å². The lowest BCUT2D eigenvalue weighted by Gasteiger charge is -2.11. The molecule has 0 radical (unpaired) electrons. The van der Waals surface area contributed by atoms with Crippen LogP contribution in [0.25, 0.3) is 0 Å². The van der Waals surface area contributed by atoms with Crippen molar-refractivity contribution in [3.05, 3.63) is 47.9 Å². The van der Waals surface area contributed by atoms with Crippen LogP contribution >= 0.6 is 11.6 Å². The second-order valence-corrected chi connectivity index (χ2v) is 4.75. The molecular formula is C15H17ClN2O2. The number of nitrogens with zero attached hydrogens (tertiary/aromatic N) is 2. The number of methoxy groups -OCH3 is 1. The van der Waals surface area contributed by atoms with Crippen molar-refractivity contribution >= 4 is 11.6 Å². The van der Waals surface area contributed by atoms with Crippen LogP contribution in [0.5, 0.6) is 11.6 Å². The van der Waals surface area contributed by atoms with E-state index in [0.717, 1.165) is 17.0 Å². The maximum Gasteiger partial charge on any atom is 0.216 e. The summed E-state index contributed by atoms with van der Waals surface area (Å²) in [5, 5.41) is -0.148. The summed E-state index contributed by atoms with van der Waals surface area (Å²) in [4.78, 5) is 8.18. The first-order valence-electron chi connectivity index (χ1n) is 6.44. The van der Waals surface area contributed by atoms with Gasteiger partial charge in [0.2, 0.25) is 5.88 Å². The van der Waals surface area contributed by atoms with E-state index in [9.17, 15) is 0 Å². The van der Waals surface area contributed by atoms with Gasteiger partial charge in [-0.3, -0.25) is 0 Å². The highest BCUT2D eigenvalue weighted by molar-refractivity contribution is 6.20. The standard InChI is InChI=1S/C15H17ClN2O2/c1-3-20-13-6-4-11(5-7-13)14(16)8-12-9-15(19-2)18-10-17-12/h4-7,9-10,14H,3,8H2,1-2H3. The molecule has 4 nitrogen and oxygen atoms in total. The summed E-state index contributed by atoms with van der Waals surface area (Å²) in [6, 6.07) is 9.59. The third-order valence-corrected chi connectivity index (χ3v) is 3.26. The summed E-state index contributed by atoms with van der Waals surface area (Å²) in [7, 11) is 1.58. The van der Waals surface area contributed by atoms with Gasteiger partial charge >= 0.3 is 0 Å². The number of alkyl halides is 1. The quantitative estimate of drug-likeness (QED) is 0.765. The highest BCUT2D eigenvalue weighted by Crippen LogP contribution is 2.26. The highest BCUT2D eigenvalue weighted by atomic mass is 35.5. The van der Waals surface area contributed by atoms with E-state index >= 15 is 0 Å². The summed E-state index contributed by atoms with van der Waals surface area (Å²) in [5.74, 6) is 1.40. The molecule has 20 heavy (non-hydrogen) atoms. The molecule has 0 saturated carbocycles. The van der Waals surface area contributed by atoms with Crippen LogP contribution in [0.15, 0.2) is 36.7 Å².